The first-order chi connectivity index (χ1) is 25.1. The Labute approximate surface area is 307 Å². The Kier molecular flexibility index (Phi) is 3.22. The van der Waals surface area contributed by atoms with Gasteiger partial charge >= 0.3 is 309 Å². The molecule has 4 unspecified atom stereocenters. The zero-order valence-electron chi connectivity index (χ0n) is 33.1. The van der Waals surface area contributed by atoms with E-state index in [0.29, 0.717) is 8.11 Å². The SMILES string of the molecule is COc1c(C)cc(P(c2cc(C)c(OC)c(C)c2)[C]23[CH]4[CH]5[CH]6[C]2(P(c2cc(C)c(OC)c(C)c2)c2cc(C)c(OC)c(C)c2)[Fe]54632789[CH]3[CH]2[CH]7[CH]8[CH]39)cc1C. The van der Waals surface area contributed by atoms with Crippen LogP contribution in [0.3, 0.4) is 0 Å². The molecule has 10 heterocycles. The maximum absolute atomic E-state index is 6.03. The van der Waals surface area contributed by atoms with Gasteiger partial charge in [-0.2, -0.15) is 0 Å². The summed E-state index contributed by atoms with van der Waals surface area (Å²) in [5.74, 6) is 4.23. The Balaban J connectivity index is 1.11. The number of methoxy groups -OCH3 is 4. The molecule has 14 rings (SSSR count). The standard InChI is InChI=1S/C41H47O4P2.C5H5.Fe/c1-24-16-32(17-25(2)38(24)42-9)46(33-18-26(3)39(43-10)27(4)19-33)36-14-13-15-37(36)47(34-20-28(5)40(44-11)29(6)21-34)35-22-30(7)41(45-12)31(8)23-35;1-2-4-5-3-1;/h13-23H,1-12H3;1-5H;. The van der Waals surface area contributed by atoms with Gasteiger partial charge in [0, 0.05) is 0 Å². The molecule has 53 heavy (non-hydrogen) atoms. The van der Waals surface area contributed by atoms with Gasteiger partial charge in [0.2, 0.25) is 0 Å². The van der Waals surface area contributed by atoms with Crippen molar-refractivity contribution >= 4 is 37.1 Å². The molecular weight excluding hydrogens is 734 g/mol. The molecule has 0 amide bonds. The molecule has 0 aromatic heterocycles. The summed E-state index contributed by atoms with van der Waals surface area (Å²) in [6.07, 6.45) is 0. The van der Waals surface area contributed by atoms with Crippen LogP contribution < -0.4 is 40.2 Å². The summed E-state index contributed by atoms with van der Waals surface area (Å²) < 4.78 is 25.2. The van der Waals surface area contributed by atoms with Gasteiger partial charge in [0.1, 0.15) is 0 Å². The Morgan fingerprint density at radius 1 is 0.377 bits per heavy atom. The van der Waals surface area contributed by atoms with Crippen molar-refractivity contribution in [2.75, 3.05) is 28.4 Å². The second-order valence-electron chi connectivity index (χ2n) is 20.8. The number of fused-ring (bicyclic) bond motifs is 10. The predicted octanol–water partition coefficient (Wildman–Crippen LogP) is 9.96. The topological polar surface area (TPSA) is 36.9 Å². The fourth-order valence-corrected chi connectivity index (χ4v) is 130. The Bertz CT molecular complexity index is 2500. The molecule has 0 radical (unpaired) electrons. The van der Waals surface area contributed by atoms with Crippen LogP contribution in [0.25, 0.3) is 0 Å². The van der Waals surface area contributed by atoms with Crippen molar-refractivity contribution in [3.8, 4) is 23.0 Å². The van der Waals surface area contributed by atoms with Crippen LogP contribution in [0.2, 0.25) is 38.5 Å². The minimum absolute atomic E-state index is 0.511. The summed E-state index contributed by atoms with van der Waals surface area (Å²) in [5, 5.41) is 6.52. The van der Waals surface area contributed by atoms with Crippen molar-refractivity contribution in [3.05, 3.63) is 93.0 Å². The fraction of sp³-hybridized carbons (Fsp3) is 0.478. The van der Waals surface area contributed by atoms with Crippen molar-refractivity contribution < 1.29 is 25.5 Å². The quantitative estimate of drug-likeness (QED) is 0.119. The van der Waals surface area contributed by atoms with Crippen molar-refractivity contribution in [1.82, 2.24) is 0 Å². The minimum atomic E-state index is -4.28. The molecule has 10 saturated heterocycles. The van der Waals surface area contributed by atoms with E-state index in [1.54, 1.807) is 21.2 Å². The van der Waals surface area contributed by atoms with E-state index in [1.165, 1.54) is 44.5 Å². The molecule has 10 fully saturated rings. The number of rotatable bonds is 10. The summed E-state index contributed by atoms with van der Waals surface area (Å²) in [5.41, 5.74) is 10.4. The van der Waals surface area contributed by atoms with Gasteiger partial charge in [-0.3, -0.25) is 0 Å². The third-order valence-electron chi connectivity index (χ3n) is 23.0. The van der Waals surface area contributed by atoms with Gasteiger partial charge in [-0.1, -0.05) is 0 Å². The van der Waals surface area contributed by atoms with Crippen LogP contribution in [0.4, 0.5) is 0 Å². The van der Waals surface area contributed by atoms with Gasteiger partial charge in [-0.05, 0) is 0 Å². The van der Waals surface area contributed by atoms with Crippen LogP contribution >= 0.6 is 15.8 Å². The van der Waals surface area contributed by atoms with Crippen molar-refractivity contribution in [3.63, 3.8) is 0 Å². The summed E-state index contributed by atoms with van der Waals surface area (Å²) >= 11 is 0. The summed E-state index contributed by atoms with van der Waals surface area (Å²) in [6, 6.07) is 20.8. The van der Waals surface area contributed by atoms with E-state index in [4.69, 9.17) is 18.9 Å². The molecule has 4 atom stereocenters. The number of benzene rings is 4. The second kappa shape index (κ2) is 5.57. The van der Waals surface area contributed by atoms with Gasteiger partial charge in [0.15, 0.2) is 0 Å². The van der Waals surface area contributed by atoms with Crippen LogP contribution in [0.15, 0.2) is 48.5 Å². The van der Waals surface area contributed by atoms with Crippen LogP contribution in [-0.4, -0.2) is 36.5 Å². The van der Waals surface area contributed by atoms with E-state index in [2.05, 4.69) is 104 Å². The molecule has 10 aliphatic heterocycles. The van der Waals surface area contributed by atoms with Gasteiger partial charge in [-0.25, -0.2) is 0 Å². The maximum atomic E-state index is 6.03. The average Bonchev–Trinajstić information content (AvgIpc) is 4.04. The van der Waals surface area contributed by atoms with E-state index < -0.39 is 22.4 Å². The molecule has 7 heteroatoms. The number of hydrogen-bond donors (Lipinski definition) is 0. The Morgan fingerprint density at radius 3 is 0.736 bits per heavy atom. The van der Waals surface area contributed by atoms with Crippen molar-refractivity contribution in [2.24, 2.45) is 0 Å². The third kappa shape index (κ3) is 1.06. The van der Waals surface area contributed by atoms with E-state index in [1.807, 2.05) is 28.4 Å². The summed E-state index contributed by atoms with van der Waals surface area (Å²) in [4.78, 5) is 9.06. The first kappa shape index (κ1) is 30.7. The van der Waals surface area contributed by atoms with Gasteiger partial charge < -0.3 is 0 Å². The monoisotopic (exact) mass is 786 g/mol. The first-order valence-electron chi connectivity index (χ1n) is 19.6. The molecule has 0 N–H and O–H groups in total. The van der Waals surface area contributed by atoms with E-state index >= 15 is 0 Å². The summed E-state index contributed by atoms with van der Waals surface area (Å²) in [7, 11) is 6.14. The molecule has 4 aromatic rings. The van der Waals surface area contributed by atoms with Gasteiger partial charge in [-0.15, -0.1) is 0 Å². The van der Waals surface area contributed by atoms with Crippen LogP contribution in [0.5, 0.6) is 23.0 Å². The normalized spacial score (nSPS) is 47.6. The Hall–Kier alpha value is -2.54. The molecular formula is C46H52FeO4P2. The first-order valence-corrected chi connectivity index (χ1v) is 28.4. The second-order valence-corrected chi connectivity index (χ2v) is 49.6. The van der Waals surface area contributed by atoms with E-state index in [9.17, 15) is 0 Å². The number of aryl methyl sites for hydroxylation is 8. The zero-order chi connectivity index (χ0) is 36.8. The fourth-order valence-electron chi connectivity index (χ4n) is 24.1. The third-order valence-corrected chi connectivity index (χ3v) is 79.7. The van der Waals surface area contributed by atoms with Crippen LogP contribution in [0, 0.1) is 55.4 Å². The van der Waals surface area contributed by atoms with Crippen LogP contribution in [-0.2, 0) is 6.51 Å². The molecule has 278 valence electrons. The van der Waals surface area contributed by atoms with E-state index in [0.717, 1.165) is 61.5 Å². The van der Waals surface area contributed by atoms with Gasteiger partial charge in [0.25, 0.3) is 0 Å². The van der Waals surface area contributed by atoms with Gasteiger partial charge in [0.05, 0.1) is 0 Å². The van der Waals surface area contributed by atoms with Crippen molar-refractivity contribution in [1.29, 1.82) is 0 Å². The van der Waals surface area contributed by atoms with E-state index in [-0.39, 0.29) is 0 Å². The molecule has 1 spiro atoms. The number of ether oxygens (including phenoxy) is 4. The molecule has 4 aromatic carbocycles. The molecule has 0 bridgehead atoms. The molecule has 10 aliphatic rings. The van der Waals surface area contributed by atoms with Crippen LogP contribution in [0.1, 0.15) is 44.5 Å². The average molecular weight is 787 g/mol. The van der Waals surface area contributed by atoms with Crippen molar-refractivity contribution in [2.45, 2.75) is 102 Å². The number of hydrogen-bond acceptors (Lipinski definition) is 4. The Morgan fingerprint density at radius 2 is 0.585 bits per heavy atom. The zero-order valence-corrected chi connectivity index (χ0v) is 36.0. The molecule has 0 saturated carbocycles. The molecule has 0 aliphatic carbocycles. The summed E-state index contributed by atoms with van der Waals surface area (Å²) in [6.45, 7) is 14.1. The predicted molar refractivity (Wildman–Crippen MR) is 218 cm³/mol. The molecule has 4 nitrogen and oxygen atoms in total.